The van der Waals surface area contributed by atoms with Crippen molar-refractivity contribution in [3.8, 4) is 5.75 Å². The summed E-state index contributed by atoms with van der Waals surface area (Å²) >= 11 is 11.0. The predicted molar refractivity (Wildman–Crippen MR) is 81.0 cm³/mol. The van der Waals surface area contributed by atoms with Crippen molar-refractivity contribution in [2.24, 2.45) is 0 Å². The van der Waals surface area contributed by atoms with Gasteiger partial charge in [0.1, 0.15) is 10.2 Å². The van der Waals surface area contributed by atoms with E-state index in [1.807, 2.05) is 37.3 Å². The summed E-state index contributed by atoms with van der Waals surface area (Å²) in [4.78, 5) is 0. The first-order valence-corrected chi connectivity index (χ1v) is 7.18. The minimum Gasteiger partial charge on any atom is -0.491 e. The van der Waals surface area contributed by atoms with Crippen LogP contribution in [0.15, 0.2) is 40.9 Å². The van der Waals surface area contributed by atoms with Gasteiger partial charge < -0.3 is 9.47 Å². The molecule has 0 saturated carbocycles. The SMILES string of the molecule is CC(CCC(C)Oc1ccccc1)OCC=C(Cl)Cl. The fourth-order valence-electron chi connectivity index (χ4n) is 1.62. The van der Waals surface area contributed by atoms with Crippen LogP contribution >= 0.6 is 23.2 Å². The van der Waals surface area contributed by atoms with Crippen molar-refractivity contribution in [3.05, 3.63) is 40.9 Å². The molecule has 19 heavy (non-hydrogen) atoms. The molecule has 0 N–H and O–H groups in total. The molecule has 0 fully saturated rings. The zero-order valence-electron chi connectivity index (χ0n) is 11.3. The Kier molecular flexibility index (Phi) is 7.96. The van der Waals surface area contributed by atoms with Crippen LogP contribution in [0.1, 0.15) is 26.7 Å². The molecule has 0 spiro atoms. The second kappa shape index (κ2) is 9.24. The first-order chi connectivity index (χ1) is 9.08. The monoisotopic (exact) mass is 302 g/mol. The quantitative estimate of drug-likeness (QED) is 0.676. The average Bonchev–Trinajstić information content (AvgIpc) is 2.37. The lowest BCUT2D eigenvalue weighted by atomic mass is 10.1. The molecule has 1 aromatic carbocycles. The summed E-state index contributed by atoms with van der Waals surface area (Å²) in [6, 6.07) is 9.84. The van der Waals surface area contributed by atoms with Crippen LogP contribution in [0.3, 0.4) is 0 Å². The molecule has 0 amide bonds. The summed E-state index contributed by atoms with van der Waals surface area (Å²) in [5, 5.41) is 0. The number of hydrogen-bond acceptors (Lipinski definition) is 2. The van der Waals surface area contributed by atoms with Crippen LogP contribution < -0.4 is 4.74 Å². The number of para-hydroxylation sites is 1. The van der Waals surface area contributed by atoms with Crippen molar-refractivity contribution in [3.63, 3.8) is 0 Å². The van der Waals surface area contributed by atoms with E-state index in [0.29, 0.717) is 6.61 Å². The highest BCUT2D eigenvalue weighted by atomic mass is 35.5. The van der Waals surface area contributed by atoms with Crippen LogP contribution in [0.2, 0.25) is 0 Å². The largest absolute Gasteiger partial charge is 0.491 e. The zero-order valence-corrected chi connectivity index (χ0v) is 12.8. The maximum atomic E-state index is 5.80. The first-order valence-electron chi connectivity index (χ1n) is 6.42. The number of ether oxygens (including phenoxy) is 2. The molecule has 0 aliphatic carbocycles. The number of hydrogen-bond donors (Lipinski definition) is 0. The molecule has 0 aromatic heterocycles. The molecule has 2 atom stereocenters. The van der Waals surface area contributed by atoms with E-state index in [1.54, 1.807) is 6.08 Å². The van der Waals surface area contributed by atoms with E-state index in [2.05, 4.69) is 6.92 Å². The van der Waals surface area contributed by atoms with Gasteiger partial charge in [-0.25, -0.2) is 0 Å². The second-order valence-electron chi connectivity index (χ2n) is 4.46. The lowest BCUT2D eigenvalue weighted by Gasteiger charge is -2.17. The molecule has 4 heteroatoms. The van der Waals surface area contributed by atoms with Crippen molar-refractivity contribution in [1.82, 2.24) is 0 Å². The van der Waals surface area contributed by atoms with Gasteiger partial charge in [-0.3, -0.25) is 0 Å². The number of benzene rings is 1. The van der Waals surface area contributed by atoms with E-state index in [9.17, 15) is 0 Å². The third-order valence-electron chi connectivity index (χ3n) is 2.68. The summed E-state index contributed by atoms with van der Waals surface area (Å²) in [7, 11) is 0. The summed E-state index contributed by atoms with van der Waals surface area (Å²) in [6.45, 7) is 4.54. The average molecular weight is 303 g/mol. The highest BCUT2D eigenvalue weighted by Gasteiger charge is 2.08. The Labute approximate surface area is 125 Å². The molecule has 0 bridgehead atoms. The fraction of sp³-hybridized carbons (Fsp3) is 0.467. The Morgan fingerprint density at radius 1 is 1.11 bits per heavy atom. The molecule has 0 heterocycles. The minimum absolute atomic E-state index is 0.158. The first kappa shape index (κ1) is 16.4. The lowest BCUT2D eigenvalue weighted by Crippen LogP contribution is -2.16. The van der Waals surface area contributed by atoms with Gasteiger partial charge >= 0.3 is 0 Å². The van der Waals surface area contributed by atoms with Gasteiger partial charge in [0.05, 0.1) is 18.8 Å². The highest BCUT2D eigenvalue weighted by molar-refractivity contribution is 6.55. The molecule has 0 aliphatic heterocycles. The molecular weight excluding hydrogens is 283 g/mol. The molecule has 106 valence electrons. The Bertz CT molecular complexity index is 375. The van der Waals surface area contributed by atoms with Crippen molar-refractivity contribution >= 4 is 23.2 Å². The second-order valence-corrected chi connectivity index (χ2v) is 5.46. The smallest absolute Gasteiger partial charge is 0.119 e. The fourth-order valence-corrected chi connectivity index (χ4v) is 1.74. The Hall–Kier alpha value is -0.700. The third-order valence-corrected chi connectivity index (χ3v) is 2.99. The Morgan fingerprint density at radius 2 is 1.74 bits per heavy atom. The maximum absolute atomic E-state index is 5.80. The van der Waals surface area contributed by atoms with Crippen molar-refractivity contribution in [1.29, 1.82) is 0 Å². The standard InChI is InChI=1S/C15H20Cl2O2/c1-12(18-11-10-15(16)17)8-9-13(2)19-14-6-4-3-5-7-14/h3-7,10,12-13H,8-9,11H2,1-2H3. The van der Waals surface area contributed by atoms with E-state index in [0.717, 1.165) is 18.6 Å². The van der Waals surface area contributed by atoms with E-state index < -0.39 is 0 Å². The van der Waals surface area contributed by atoms with Crippen molar-refractivity contribution in [2.45, 2.75) is 38.9 Å². The van der Waals surface area contributed by atoms with E-state index in [4.69, 9.17) is 32.7 Å². The molecule has 2 unspecified atom stereocenters. The van der Waals surface area contributed by atoms with Gasteiger partial charge in [-0.15, -0.1) is 0 Å². The molecule has 0 radical (unpaired) electrons. The Balaban J connectivity index is 2.19. The zero-order chi connectivity index (χ0) is 14.1. The van der Waals surface area contributed by atoms with Crippen molar-refractivity contribution < 1.29 is 9.47 Å². The van der Waals surface area contributed by atoms with Gasteiger partial charge in [-0.2, -0.15) is 0 Å². The van der Waals surface area contributed by atoms with Crippen LogP contribution in [0.25, 0.3) is 0 Å². The minimum atomic E-state index is 0.158. The van der Waals surface area contributed by atoms with Gasteiger partial charge in [0.2, 0.25) is 0 Å². The Morgan fingerprint density at radius 3 is 2.37 bits per heavy atom. The molecule has 1 aromatic rings. The van der Waals surface area contributed by atoms with E-state index in [-0.39, 0.29) is 16.7 Å². The topological polar surface area (TPSA) is 18.5 Å². The molecular formula is C15H20Cl2O2. The lowest BCUT2D eigenvalue weighted by molar-refractivity contribution is 0.0698. The molecule has 2 nitrogen and oxygen atoms in total. The number of halogens is 2. The maximum Gasteiger partial charge on any atom is 0.119 e. The normalized spacial score (nSPS) is 13.7. The van der Waals surface area contributed by atoms with Crippen LogP contribution in [-0.4, -0.2) is 18.8 Å². The van der Waals surface area contributed by atoms with E-state index >= 15 is 0 Å². The number of rotatable bonds is 8. The molecule has 0 saturated heterocycles. The third kappa shape index (κ3) is 8.14. The summed E-state index contributed by atoms with van der Waals surface area (Å²) in [5.74, 6) is 0.903. The van der Waals surface area contributed by atoms with Gasteiger partial charge in [-0.1, -0.05) is 41.4 Å². The van der Waals surface area contributed by atoms with Crippen LogP contribution in [0.5, 0.6) is 5.75 Å². The summed E-state index contributed by atoms with van der Waals surface area (Å²) in [5.41, 5.74) is 0. The molecule has 0 aliphatic rings. The van der Waals surface area contributed by atoms with Gasteiger partial charge in [0.15, 0.2) is 0 Å². The molecule has 1 rings (SSSR count). The summed E-state index contributed by atoms with van der Waals surface area (Å²) < 4.78 is 11.6. The van der Waals surface area contributed by atoms with Gasteiger partial charge in [0.25, 0.3) is 0 Å². The summed E-state index contributed by atoms with van der Waals surface area (Å²) in [6.07, 6.45) is 3.84. The predicted octanol–water partition coefficient (Wildman–Crippen LogP) is 4.96. The van der Waals surface area contributed by atoms with Gasteiger partial charge in [-0.05, 0) is 44.9 Å². The van der Waals surface area contributed by atoms with Gasteiger partial charge in [0, 0.05) is 0 Å². The highest BCUT2D eigenvalue weighted by Crippen LogP contribution is 2.14. The van der Waals surface area contributed by atoms with E-state index in [1.165, 1.54) is 0 Å². The van der Waals surface area contributed by atoms with Crippen LogP contribution in [0.4, 0.5) is 0 Å². The van der Waals surface area contributed by atoms with Crippen molar-refractivity contribution in [2.75, 3.05) is 6.61 Å². The van der Waals surface area contributed by atoms with Crippen LogP contribution in [0, 0.1) is 0 Å². The van der Waals surface area contributed by atoms with Crippen LogP contribution in [-0.2, 0) is 4.74 Å².